The summed E-state index contributed by atoms with van der Waals surface area (Å²) in [6.45, 7) is 0.293. The number of carbonyl (C=O) groups is 1. The van der Waals surface area contributed by atoms with Crippen LogP contribution in [0.4, 0.5) is 0 Å². The fraction of sp³-hybridized carbons (Fsp3) is 0.107. The first-order chi connectivity index (χ1) is 17.2. The number of rotatable bonds is 9. The Bertz CT molecular complexity index is 1390. The predicted octanol–water partition coefficient (Wildman–Crippen LogP) is 5.54. The number of benzene rings is 4. The van der Waals surface area contributed by atoms with Crippen molar-refractivity contribution in [3.63, 3.8) is 0 Å². The standard InChI is InChI=1S/C28H23N3O3S/c1-33-25-10-4-8-23(28(25)34-18-21-14-12-20(16-29)13-15-21)17-30-31-27(32)19-35-26-11-5-7-22-6-2-3-9-24(22)26/h2-15,17H,18-19H2,1H3,(H,31,32). The lowest BCUT2D eigenvalue weighted by atomic mass is 10.1. The Morgan fingerprint density at radius 1 is 1.03 bits per heavy atom. The fourth-order valence-corrected chi connectivity index (χ4v) is 4.32. The van der Waals surface area contributed by atoms with Gasteiger partial charge >= 0.3 is 0 Å². The molecule has 6 nitrogen and oxygen atoms in total. The van der Waals surface area contributed by atoms with Gasteiger partial charge in [0.1, 0.15) is 6.61 Å². The number of carbonyl (C=O) groups excluding carboxylic acids is 1. The van der Waals surface area contributed by atoms with Gasteiger partial charge in [0.25, 0.3) is 0 Å². The number of hydrogen-bond acceptors (Lipinski definition) is 6. The molecular formula is C28H23N3O3S. The topological polar surface area (TPSA) is 83.7 Å². The Balaban J connectivity index is 1.38. The Labute approximate surface area is 208 Å². The maximum Gasteiger partial charge on any atom is 0.250 e. The third-order valence-electron chi connectivity index (χ3n) is 5.20. The summed E-state index contributed by atoms with van der Waals surface area (Å²) in [5.74, 6) is 1.11. The number of thioether (sulfide) groups is 1. The van der Waals surface area contributed by atoms with Gasteiger partial charge in [-0.3, -0.25) is 4.79 Å². The zero-order valence-electron chi connectivity index (χ0n) is 19.1. The lowest BCUT2D eigenvalue weighted by Crippen LogP contribution is -2.19. The average molecular weight is 482 g/mol. The predicted molar refractivity (Wildman–Crippen MR) is 139 cm³/mol. The molecule has 0 saturated heterocycles. The number of hydrazone groups is 1. The number of nitrogens with one attached hydrogen (secondary N) is 1. The Morgan fingerprint density at radius 2 is 1.80 bits per heavy atom. The SMILES string of the molecule is COc1cccc(C=NNC(=O)CSc2cccc3ccccc23)c1OCc1ccc(C#N)cc1. The van der Waals surface area contributed by atoms with E-state index in [0.29, 0.717) is 29.2 Å². The van der Waals surface area contributed by atoms with E-state index in [1.807, 2.05) is 48.5 Å². The number of para-hydroxylation sites is 1. The van der Waals surface area contributed by atoms with Gasteiger partial charge in [-0.1, -0.05) is 54.6 Å². The molecule has 0 heterocycles. The molecule has 0 fully saturated rings. The van der Waals surface area contributed by atoms with Gasteiger partial charge in [-0.15, -0.1) is 11.8 Å². The van der Waals surface area contributed by atoms with E-state index in [1.165, 1.54) is 18.0 Å². The summed E-state index contributed by atoms with van der Waals surface area (Å²) in [6, 6.07) is 28.9. The Kier molecular flexibility index (Phi) is 8.00. The summed E-state index contributed by atoms with van der Waals surface area (Å²) in [6.07, 6.45) is 1.54. The van der Waals surface area contributed by atoms with E-state index >= 15 is 0 Å². The molecule has 4 rings (SSSR count). The molecule has 0 saturated carbocycles. The summed E-state index contributed by atoms with van der Waals surface area (Å²) in [4.78, 5) is 13.4. The van der Waals surface area contributed by atoms with E-state index in [9.17, 15) is 4.79 Å². The van der Waals surface area contributed by atoms with E-state index in [2.05, 4.69) is 34.8 Å². The number of nitriles is 1. The minimum atomic E-state index is -0.206. The molecule has 0 radical (unpaired) electrons. The van der Waals surface area contributed by atoms with Gasteiger partial charge in [0, 0.05) is 10.5 Å². The van der Waals surface area contributed by atoms with Gasteiger partial charge in [-0.25, -0.2) is 5.43 Å². The minimum Gasteiger partial charge on any atom is -0.493 e. The van der Waals surface area contributed by atoms with Gasteiger partial charge in [0.15, 0.2) is 11.5 Å². The van der Waals surface area contributed by atoms with Gasteiger partial charge in [-0.05, 0) is 46.7 Å². The molecule has 4 aromatic carbocycles. The minimum absolute atomic E-state index is 0.206. The molecule has 1 N–H and O–H groups in total. The van der Waals surface area contributed by atoms with Crippen molar-refractivity contribution < 1.29 is 14.3 Å². The van der Waals surface area contributed by atoms with E-state index in [-0.39, 0.29) is 11.7 Å². The summed E-state index contributed by atoms with van der Waals surface area (Å²) in [5, 5.41) is 15.3. The highest BCUT2D eigenvalue weighted by Gasteiger charge is 2.10. The first-order valence-corrected chi connectivity index (χ1v) is 11.9. The first-order valence-electron chi connectivity index (χ1n) is 10.9. The summed E-state index contributed by atoms with van der Waals surface area (Å²) >= 11 is 1.47. The zero-order valence-corrected chi connectivity index (χ0v) is 19.9. The maximum atomic E-state index is 12.4. The van der Waals surface area contributed by atoms with E-state index in [4.69, 9.17) is 14.7 Å². The van der Waals surface area contributed by atoms with Gasteiger partial charge in [0.05, 0.1) is 30.7 Å². The molecule has 35 heavy (non-hydrogen) atoms. The van der Waals surface area contributed by atoms with Crippen molar-refractivity contribution in [3.8, 4) is 17.6 Å². The second-order valence-electron chi connectivity index (χ2n) is 7.54. The molecule has 7 heteroatoms. The molecule has 174 valence electrons. The number of ether oxygens (including phenoxy) is 2. The first kappa shape index (κ1) is 23.9. The van der Waals surface area contributed by atoms with Crippen molar-refractivity contribution in [3.05, 3.63) is 102 Å². The monoisotopic (exact) mass is 481 g/mol. The van der Waals surface area contributed by atoms with Gasteiger partial charge in [0.2, 0.25) is 5.91 Å². The second-order valence-corrected chi connectivity index (χ2v) is 8.55. The van der Waals surface area contributed by atoms with Crippen LogP contribution in [0.5, 0.6) is 11.5 Å². The van der Waals surface area contributed by atoms with Crippen LogP contribution in [0.3, 0.4) is 0 Å². The van der Waals surface area contributed by atoms with E-state index in [1.54, 1.807) is 25.3 Å². The molecule has 1 amide bonds. The molecule has 0 unspecified atom stereocenters. The quantitative estimate of drug-likeness (QED) is 0.193. The van der Waals surface area contributed by atoms with Crippen LogP contribution in [0.1, 0.15) is 16.7 Å². The van der Waals surface area contributed by atoms with Crippen molar-refractivity contribution in [2.24, 2.45) is 5.10 Å². The van der Waals surface area contributed by atoms with Crippen molar-refractivity contribution in [2.75, 3.05) is 12.9 Å². The van der Waals surface area contributed by atoms with Gasteiger partial charge < -0.3 is 9.47 Å². The van der Waals surface area contributed by atoms with Crippen LogP contribution in [-0.2, 0) is 11.4 Å². The molecule has 0 aliphatic rings. The third-order valence-corrected chi connectivity index (χ3v) is 6.27. The van der Waals surface area contributed by atoms with Gasteiger partial charge in [-0.2, -0.15) is 10.4 Å². The molecule has 0 aliphatic carbocycles. The fourth-order valence-electron chi connectivity index (χ4n) is 3.45. The Hall–Kier alpha value is -4.28. The van der Waals surface area contributed by atoms with Crippen molar-refractivity contribution >= 4 is 34.7 Å². The smallest absolute Gasteiger partial charge is 0.250 e. The van der Waals surface area contributed by atoms with E-state index < -0.39 is 0 Å². The lowest BCUT2D eigenvalue weighted by Gasteiger charge is -2.13. The molecule has 0 aromatic heterocycles. The van der Waals surface area contributed by atoms with Crippen LogP contribution >= 0.6 is 11.8 Å². The van der Waals surface area contributed by atoms with Crippen molar-refractivity contribution in [1.82, 2.24) is 5.43 Å². The summed E-state index contributed by atoms with van der Waals surface area (Å²) < 4.78 is 11.4. The van der Waals surface area contributed by atoms with Crippen molar-refractivity contribution in [1.29, 1.82) is 5.26 Å². The molecule has 0 atom stereocenters. The van der Waals surface area contributed by atoms with Crippen molar-refractivity contribution in [2.45, 2.75) is 11.5 Å². The second kappa shape index (κ2) is 11.7. The van der Waals surface area contributed by atoms with Crippen LogP contribution in [0.25, 0.3) is 10.8 Å². The highest BCUT2D eigenvalue weighted by Crippen LogP contribution is 2.31. The summed E-state index contributed by atoms with van der Waals surface area (Å²) in [5.41, 5.74) is 4.75. The van der Waals surface area contributed by atoms with Crippen LogP contribution in [0, 0.1) is 11.3 Å². The normalized spacial score (nSPS) is 10.7. The summed E-state index contributed by atoms with van der Waals surface area (Å²) in [7, 11) is 1.57. The zero-order chi connectivity index (χ0) is 24.5. The number of fused-ring (bicyclic) bond motifs is 1. The number of hydrogen-bond donors (Lipinski definition) is 1. The average Bonchev–Trinajstić information content (AvgIpc) is 2.91. The third kappa shape index (κ3) is 6.19. The molecular weight excluding hydrogens is 458 g/mol. The molecule has 0 bridgehead atoms. The molecule has 0 spiro atoms. The van der Waals surface area contributed by atoms with Crippen LogP contribution in [-0.4, -0.2) is 25.0 Å². The maximum absolute atomic E-state index is 12.4. The molecule has 0 aliphatic heterocycles. The number of amides is 1. The van der Waals surface area contributed by atoms with Crippen LogP contribution in [0.15, 0.2) is 94.9 Å². The highest BCUT2D eigenvalue weighted by molar-refractivity contribution is 8.00. The van der Waals surface area contributed by atoms with Crippen LogP contribution < -0.4 is 14.9 Å². The number of methoxy groups -OCH3 is 1. The van der Waals surface area contributed by atoms with Crippen LogP contribution in [0.2, 0.25) is 0 Å². The highest BCUT2D eigenvalue weighted by atomic mass is 32.2. The lowest BCUT2D eigenvalue weighted by molar-refractivity contribution is -0.118. The largest absolute Gasteiger partial charge is 0.493 e. The molecule has 4 aromatic rings. The Morgan fingerprint density at radius 3 is 2.60 bits per heavy atom. The van der Waals surface area contributed by atoms with E-state index in [0.717, 1.165) is 21.2 Å². The number of nitrogens with zero attached hydrogens (tertiary/aromatic N) is 2.